The van der Waals surface area contributed by atoms with Crippen LogP contribution in [0.1, 0.15) is 20.7 Å². The van der Waals surface area contributed by atoms with Gasteiger partial charge in [0, 0.05) is 34.5 Å². The van der Waals surface area contributed by atoms with Crippen molar-refractivity contribution in [3.05, 3.63) is 84.1 Å². The van der Waals surface area contributed by atoms with E-state index in [1.165, 1.54) is 13.3 Å². The number of carbonyl (C=O) groups excluding carboxylic acids is 2. The predicted molar refractivity (Wildman–Crippen MR) is 123 cm³/mol. The van der Waals surface area contributed by atoms with Crippen LogP contribution in [0.2, 0.25) is 0 Å². The van der Waals surface area contributed by atoms with Gasteiger partial charge in [-0.1, -0.05) is 30.3 Å². The molecule has 4 aromatic rings. The number of primary amides is 1. The Hall–Kier alpha value is -4.39. The van der Waals surface area contributed by atoms with Gasteiger partial charge in [0.25, 0.3) is 0 Å². The molecule has 0 saturated carbocycles. The van der Waals surface area contributed by atoms with Crippen LogP contribution in [0.4, 0.5) is 11.4 Å². The second-order valence-corrected chi connectivity index (χ2v) is 7.04. The smallest absolute Gasteiger partial charge is 0.341 e. The van der Waals surface area contributed by atoms with Crippen LogP contribution in [0.3, 0.4) is 0 Å². The van der Waals surface area contributed by atoms with Crippen LogP contribution in [0.15, 0.2) is 72.9 Å². The quantitative estimate of drug-likeness (QED) is 0.438. The zero-order valence-corrected chi connectivity index (χ0v) is 17.6. The highest BCUT2D eigenvalue weighted by Gasteiger charge is 2.19. The summed E-state index contributed by atoms with van der Waals surface area (Å²) < 4.78 is 10.6. The van der Waals surface area contributed by atoms with Gasteiger partial charge in [-0.25, -0.2) is 4.79 Å². The van der Waals surface area contributed by atoms with Crippen molar-refractivity contribution in [2.75, 3.05) is 19.5 Å². The molecule has 0 aliphatic carbocycles. The van der Waals surface area contributed by atoms with E-state index < -0.39 is 11.9 Å². The van der Waals surface area contributed by atoms with E-state index in [4.69, 9.17) is 15.2 Å². The van der Waals surface area contributed by atoms with Crippen molar-refractivity contribution < 1.29 is 19.1 Å². The lowest BCUT2D eigenvalue weighted by atomic mass is 9.98. The molecule has 1 heterocycles. The first-order valence-electron chi connectivity index (χ1n) is 9.83. The Morgan fingerprint density at radius 1 is 0.969 bits per heavy atom. The van der Waals surface area contributed by atoms with Gasteiger partial charge in [0.1, 0.15) is 11.3 Å². The number of carbonyl (C=O) groups is 2. The Labute approximate surface area is 184 Å². The Morgan fingerprint density at radius 2 is 1.69 bits per heavy atom. The summed E-state index contributed by atoms with van der Waals surface area (Å²) in [5.41, 5.74) is 9.71. The van der Waals surface area contributed by atoms with Crippen molar-refractivity contribution in [1.29, 1.82) is 0 Å². The number of methoxy groups -OCH3 is 2. The lowest BCUT2D eigenvalue weighted by Crippen LogP contribution is -2.10. The highest BCUT2D eigenvalue weighted by atomic mass is 16.5. The molecule has 3 aromatic carbocycles. The Bertz CT molecular complexity index is 1300. The lowest BCUT2D eigenvalue weighted by Gasteiger charge is -2.16. The number of hydrogen-bond acceptors (Lipinski definition) is 6. The standard InChI is InChI=1S/C25H21N3O4/c1-31-22-13-21-19(12-18(22)15-8-10-16(11-9-15)24(26)29)23(20(14-27-21)25(30)32-2)28-17-6-4-3-5-7-17/h3-14H,1-2H3,(H2,26,29)(H,27,28). The summed E-state index contributed by atoms with van der Waals surface area (Å²) in [6, 6.07) is 20.1. The molecule has 7 heteroatoms. The van der Waals surface area contributed by atoms with Crippen molar-refractivity contribution in [2.24, 2.45) is 5.73 Å². The molecule has 0 spiro atoms. The maximum absolute atomic E-state index is 12.5. The lowest BCUT2D eigenvalue weighted by molar-refractivity contribution is 0.0601. The molecule has 7 nitrogen and oxygen atoms in total. The van der Waals surface area contributed by atoms with E-state index in [0.717, 1.165) is 16.8 Å². The summed E-state index contributed by atoms with van der Waals surface area (Å²) in [5.74, 6) is -0.391. The van der Waals surface area contributed by atoms with Gasteiger partial charge in [-0.3, -0.25) is 9.78 Å². The van der Waals surface area contributed by atoms with Crippen LogP contribution < -0.4 is 15.8 Å². The minimum Gasteiger partial charge on any atom is -0.496 e. The number of esters is 1. The number of fused-ring (bicyclic) bond motifs is 1. The zero-order valence-electron chi connectivity index (χ0n) is 17.6. The number of para-hydroxylation sites is 1. The van der Waals surface area contributed by atoms with Gasteiger partial charge in [-0.15, -0.1) is 0 Å². The first-order chi connectivity index (χ1) is 15.5. The van der Waals surface area contributed by atoms with Gasteiger partial charge in [0.15, 0.2) is 0 Å². The van der Waals surface area contributed by atoms with Gasteiger partial charge in [0.2, 0.25) is 5.91 Å². The SMILES string of the molecule is COC(=O)c1cnc2cc(OC)c(-c3ccc(C(N)=O)cc3)cc2c1Nc1ccccc1. The van der Waals surface area contributed by atoms with Gasteiger partial charge in [-0.05, 0) is 35.9 Å². The molecule has 0 saturated heterocycles. The average molecular weight is 427 g/mol. The molecule has 160 valence electrons. The minimum atomic E-state index is -0.499. The maximum Gasteiger partial charge on any atom is 0.341 e. The molecule has 1 amide bonds. The number of ether oxygens (including phenoxy) is 2. The van der Waals surface area contributed by atoms with Crippen LogP contribution in [0.5, 0.6) is 5.75 Å². The van der Waals surface area contributed by atoms with Crippen molar-refractivity contribution in [2.45, 2.75) is 0 Å². The first-order valence-corrected chi connectivity index (χ1v) is 9.83. The van der Waals surface area contributed by atoms with Crippen LogP contribution in [-0.2, 0) is 4.74 Å². The number of benzene rings is 3. The summed E-state index contributed by atoms with van der Waals surface area (Å²) in [4.78, 5) is 28.4. The van der Waals surface area contributed by atoms with Crippen LogP contribution >= 0.6 is 0 Å². The molecule has 0 fully saturated rings. The fraction of sp³-hybridized carbons (Fsp3) is 0.0800. The molecule has 0 atom stereocenters. The van der Waals surface area contributed by atoms with Gasteiger partial charge < -0.3 is 20.5 Å². The third-order valence-corrected chi connectivity index (χ3v) is 5.12. The van der Waals surface area contributed by atoms with Crippen LogP contribution in [0.25, 0.3) is 22.0 Å². The highest BCUT2D eigenvalue weighted by molar-refractivity contribution is 6.07. The van der Waals surface area contributed by atoms with E-state index in [-0.39, 0.29) is 0 Å². The number of aromatic nitrogens is 1. The molecule has 0 unspecified atom stereocenters. The van der Waals surface area contributed by atoms with E-state index in [1.807, 2.05) is 42.5 Å². The zero-order chi connectivity index (χ0) is 22.7. The second-order valence-electron chi connectivity index (χ2n) is 7.04. The predicted octanol–water partition coefficient (Wildman–Crippen LogP) is 4.54. The van der Waals surface area contributed by atoms with Crippen molar-refractivity contribution >= 4 is 34.2 Å². The van der Waals surface area contributed by atoms with E-state index in [0.29, 0.717) is 33.5 Å². The van der Waals surface area contributed by atoms with E-state index >= 15 is 0 Å². The summed E-state index contributed by atoms with van der Waals surface area (Å²) in [6.45, 7) is 0. The Morgan fingerprint density at radius 3 is 2.31 bits per heavy atom. The molecule has 0 aliphatic rings. The highest BCUT2D eigenvalue weighted by Crippen LogP contribution is 2.38. The number of nitrogens with zero attached hydrogens (tertiary/aromatic N) is 1. The summed E-state index contributed by atoms with van der Waals surface area (Å²) in [6.07, 6.45) is 1.49. The second kappa shape index (κ2) is 8.77. The number of rotatable bonds is 6. The Kier molecular flexibility index (Phi) is 5.72. The number of nitrogens with two attached hydrogens (primary N) is 1. The molecule has 3 N–H and O–H groups in total. The van der Waals surface area contributed by atoms with E-state index in [9.17, 15) is 9.59 Å². The molecule has 32 heavy (non-hydrogen) atoms. The molecular formula is C25H21N3O4. The van der Waals surface area contributed by atoms with Crippen LogP contribution in [0, 0.1) is 0 Å². The average Bonchev–Trinajstić information content (AvgIpc) is 2.83. The third-order valence-electron chi connectivity index (χ3n) is 5.12. The first kappa shape index (κ1) is 20.9. The topological polar surface area (TPSA) is 104 Å². The van der Waals surface area contributed by atoms with Crippen molar-refractivity contribution in [3.63, 3.8) is 0 Å². The van der Waals surface area contributed by atoms with E-state index in [1.54, 1.807) is 31.4 Å². The van der Waals surface area contributed by atoms with Crippen molar-refractivity contribution in [1.82, 2.24) is 4.98 Å². The minimum absolute atomic E-state index is 0.309. The van der Waals surface area contributed by atoms with Crippen molar-refractivity contribution in [3.8, 4) is 16.9 Å². The monoisotopic (exact) mass is 427 g/mol. The fourth-order valence-electron chi connectivity index (χ4n) is 3.49. The molecule has 1 aromatic heterocycles. The fourth-order valence-corrected chi connectivity index (χ4v) is 3.49. The summed E-state index contributed by atoms with van der Waals surface area (Å²) >= 11 is 0. The maximum atomic E-state index is 12.5. The summed E-state index contributed by atoms with van der Waals surface area (Å²) in [7, 11) is 2.91. The molecule has 0 aliphatic heterocycles. The molecular weight excluding hydrogens is 406 g/mol. The van der Waals surface area contributed by atoms with Gasteiger partial charge in [0.05, 0.1) is 25.4 Å². The third kappa shape index (κ3) is 3.96. The van der Waals surface area contributed by atoms with Gasteiger partial charge in [-0.2, -0.15) is 0 Å². The van der Waals surface area contributed by atoms with Gasteiger partial charge >= 0.3 is 5.97 Å². The van der Waals surface area contributed by atoms with E-state index in [2.05, 4.69) is 10.3 Å². The number of anilines is 2. The largest absolute Gasteiger partial charge is 0.496 e. The number of amides is 1. The molecule has 0 radical (unpaired) electrons. The molecule has 0 bridgehead atoms. The van der Waals surface area contributed by atoms with Crippen LogP contribution in [-0.4, -0.2) is 31.1 Å². The normalized spacial score (nSPS) is 10.6. The summed E-state index contributed by atoms with van der Waals surface area (Å²) in [5, 5.41) is 4.04. The number of pyridine rings is 1. The number of hydrogen-bond donors (Lipinski definition) is 2. The Balaban J connectivity index is 1.95. The number of nitrogens with one attached hydrogen (secondary N) is 1. The molecule has 4 rings (SSSR count).